The summed E-state index contributed by atoms with van der Waals surface area (Å²) >= 11 is 0. The molecule has 2 N–H and O–H groups in total. The number of hydrogen-bond donors (Lipinski definition) is 2. The van der Waals surface area contributed by atoms with Gasteiger partial charge < -0.3 is 10.4 Å². The number of carboxylic acid groups (broad SMARTS) is 1. The van der Waals surface area contributed by atoms with E-state index in [1.807, 2.05) is 0 Å². The lowest BCUT2D eigenvalue weighted by atomic mass is 9.70. The minimum Gasteiger partial charge on any atom is -0.481 e. The van der Waals surface area contributed by atoms with Gasteiger partial charge in [-0.3, -0.25) is 4.79 Å². The van der Waals surface area contributed by atoms with E-state index in [-0.39, 0.29) is 0 Å². The molecule has 19 heavy (non-hydrogen) atoms. The SMILES string of the molecule is CC1CCC(CNC2CC3CCC2C3)(C(=O)O)CC1. The first kappa shape index (κ1) is 13.4. The number of hydrogen-bond acceptors (Lipinski definition) is 2. The second-order valence-corrected chi connectivity index (χ2v) is 7.43. The van der Waals surface area contributed by atoms with Crippen molar-refractivity contribution < 1.29 is 9.90 Å². The van der Waals surface area contributed by atoms with Crippen molar-refractivity contribution in [2.24, 2.45) is 23.2 Å². The molecule has 0 aromatic heterocycles. The van der Waals surface area contributed by atoms with Gasteiger partial charge in [0.25, 0.3) is 0 Å². The van der Waals surface area contributed by atoms with Gasteiger partial charge in [-0.25, -0.2) is 0 Å². The summed E-state index contributed by atoms with van der Waals surface area (Å²) in [5.74, 6) is 1.89. The van der Waals surface area contributed by atoms with Crippen LogP contribution in [-0.2, 0) is 4.79 Å². The Morgan fingerprint density at radius 1 is 1.21 bits per heavy atom. The lowest BCUT2D eigenvalue weighted by Gasteiger charge is -2.37. The molecule has 3 heteroatoms. The van der Waals surface area contributed by atoms with Crippen molar-refractivity contribution in [1.82, 2.24) is 5.32 Å². The van der Waals surface area contributed by atoms with Crippen molar-refractivity contribution in [3.63, 3.8) is 0 Å². The normalized spacial score (nSPS) is 45.5. The highest BCUT2D eigenvalue weighted by molar-refractivity contribution is 5.75. The Labute approximate surface area is 116 Å². The van der Waals surface area contributed by atoms with Crippen molar-refractivity contribution >= 4 is 5.97 Å². The lowest BCUT2D eigenvalue weighted by molar-refractivity contribution is -0.151. The number of rotatable bonds is 4. The summed E-state index contributed by atoms with van der Waals surface area (Å²) in [5.41, 5.74) is -0.478. The molecule has 3 unspecified atom stereocenters. The van der Waals surface area contributed by atoms with Crippen molar-refractivity contribution in [3.05, 3.63) is 0 Å². The molecule has 0 saturated heterocycles. The van der Waals surface area contributed by atoms with Gasteiger partial charge in [0, 0.05) is 12.6 Å². The molecular weight excluding hydrogens is 238 g/mol. The molecular formula is C16H27NO2. The molecule has 0 radical (unpaired) electrons. The highest BCUT2D eigenvalue weighted by atomic mass is 16.4. The molecule has 0 heterocycles. The minimum atomic E-state index is -0.574. The summed E-state index contributed by atoms with van der Waals surface area (Å²) in [7, 11) is 0. The lowest BCUT2D eigenvalue weighted by Crippen LogP contribution is -2.47. The second kappa shape index (κ2) is 5.08. The first-order valence-corrected chi connectivity index (χ1v) is 8.06. The van der Waals surface area contributed by atoms with Crippen molar-refractivity contribution in [2.45, 2.75) is 64.3 Å². The van der Waals surface area contributed by atoms with Gasteiger partial charge in [0.1, 0.15) is 0 Å². The zero-order valence-electron chi connectivity index (χ0n) is 12.0. The Morgan fingerprint density at radius 3 is 2.47 bits per heavy atom. The van der Waals surface area contributed by atoms with Gasteiger partial charge in [-0.05, 0) is 62.7 Å². The van der Waals surface area contributed by atoms with Crippen molar-refractivity contribution in [2.75, 3.05) is 6.54 Å². The second-order valence-electron chi connectivity index (χ2n) is 7.43. The molecule has 3 fully saturated rings. The highest BCUT2D eigenvalue weighted by Crippen LogP contribution is 2.45. The average Bonchev–Trinajstić information content (AvgIpc) is 3.00. The summed E-state index contributed by atoms with van der Waals surface area (Å²) in [4.78, 5) is 11.7. The Kier molecular flexibility index (Phi) is 3.59. The van der Waals surface area contributed by atoms with Gasteiger partial charge in [-0.1, -0.05) is 13.3 Å². The van der Waals surface area contributed by atoms with Crippen LogP contribution in [0.5, 0.6) is 0 Å². The fraction of sp³-hybridized carbons (Fsp3) is 0.938. The highest BCUT2D eigenvalue weighted by Gasteiger charge is 2.44. The van der Waals surface area contributed by atoms with Crippen LogP contribution >= 0.6 is 0 Å². The molecule has 3 aliphatic rings. The Morgan fingerprint density at radius 2 is 1.95 bits per heavy atom. The van der Waals surface area contributed by atoms with Gasteiger partial charge in [-0.2, -0.15) is 0 Å². The molecule has 0 aliphatic heterocycles. The summed E-state index contributed by atoms with van der Waals surface area (Å²) in [6, 6.07) is 0.606. The molecule has 0 spiro atoms. The maximum Gasteiger partial charge on any atom is 0.310 e. The zero-order chi connectivity index (χ0) is 13.5. The van der Waals surface area contributed by atoms with E-state index in [1.54, 1.807) is 0 Å². The maximum atomic E-state index is 11.7. The van der Waals surface area contributed by atoms with Crippen LogP contribution in [0.25, 0.3) is 0 Å². The van der Waals surface area contributed by atoms with Crippen LogP contribution in [0.2, 0.25) is 0 Å². The van der Waals surface area contributed by atoms with E-state index in [0.717, 1.165) is 37.5 Å². The maximum absolute atomic E-state index is 11.7. The van der Waals surface area contributed by atoms with Crippen molar-refractivity contribution in [1.29, 1.82) is 0 Å². The minimum absolute atomic E-state index is 0.478. The first-order valence-electron chi connectivity index (χ1n) is 8.06. The molecule has 108 valence electrons. The number of carboxylic acids is 1. The van der Waals surface area contributed by atoms with Gasteiger partial charge in [-0.15, -0.1) is 0 Å². The van der Waals surface area contributed by atoms with E-state index in [9.17, 15) is 9.90 Å². The molecule has 3 rings (SSSR count). The third-order valence-corrected chi connectivity index (χ3v) is 6.13. The van der Waals surface area contributed by atoms with E-state index < -0.39 is 11.4 Å². The number of aliphatic carboxylic acids is 1. The quantitative estimate of drug-likeness (QED) is 0.821. The fourth-order valence-corrected chi connectivity index (χ4v) is 4.60. The predicted molar refractivity (Wildman–Crippen MR) is 74.9 cm³/mol. The monoisotopic (exact) mass is 265 g/mol. The van der Waals surface area contributed by atoms with E-state index in [1.165, 1.54) is 25.7 Å². The third-order valence-electron chi connectivity index (χ3n) is 6.13. The first-order chi connectivity index (χ1) is 9.09. The predicted octanol–water partition coefficient (Wildman–Crippen LogP) is 3.05. The number of carbonyl (C=O) groups is 1. The summed E-state index contributed by atoms with van der Waals surface area (Å²) < 4.78 is 0. The molecule has 3 nitrogen and oxygen atoms in total. The number of nitrogens with one attached hydrogen (secondary N) is 1. The van der Waals surface area contributed by atoms with E-state index >= 15 is 0 Å². The van der Waals surface area contributed by atoms with E-state index in [4.69, 9.17) is 0 Å². The Hall–Kier alpha value is -0.570. The molecule has 0 aromatic rings. The largest absolute Gasteiger partial charge is 0.481 e. The van der Waals surface area contributed by atoms with Crippen LogP contribution in [0, 0.1) is 23.2 Å². The number of fused-ring (bicyclic) bond motifs is 2. The van der Waals surface area contributed by atoms with Gasteiger partial charge in [0.2, 0.25) is 0 Å². The Balaban J connectivity index is 1.58. The average molecular weight is 265 g/mol. The van der Waals surface area contributed by atoms with E-state index in [2.05, 4.69) is 12.2 Å². The summed E-state index contributed by atoms with van der Waals surface area (Å²) in [5, 5.41) is 13.3. The van der Waals surface area contributed by atoms with Gasteiger partial charge >= 0.3 is 5.97 Å². The Bertz CT molecular complexity index is 347. The molecule has 0 aromatic carbocycles. The topological polar surface area (TPSA) is 49.3 Å². The van der Waals surface area contributed by atoms with E-state index in [0.29, 0.717) is 18.5 Å². The standard InChI is InChI=1S/C16H27NO2/c1-11-4-6-16(7-5-11,15(18)19)10-17-14-9-12-2-3-13(14)8-12/h11-14,17H,2-10H2,1H3,(H,18,19). The molecule has 0 amide bonds. The van der Waals surface area contributed by atoms with Crippen LogP contribution in [0.15, 0.2) is 0 Å². The van der Waals surface area contributed by atoms with Crippen LogP contribution in [0.4, 0.5) is 0 Å². The summed E-state index contributed by atoms with van der Waals surface area (Å²) in [6.45, 7) is 2.94. The van der Waals surface area contributed by atoms with Crippen LogP contribution < -0.4 is 5.32 Å². The van der Waals surface area contributed by atoms with Gasteiger partial charge in [0.05, 0.1) is 5.41 Å². The zero-order valence-corrected chi connectivity index (χ0v) is 12.0. The fourth-order valence-electron chi connectivity index (χ4n) is 4.60. The van der Waals surface area contributed by atoms with Crippen LogP contribution in [-0.4, -0.2) is 23.7 Å². The van der Waals surface area contributed by atoms with Crippen LogP contribution in [0.1, 0.15) is 58.3 Å². The van der Waals surface area contributed by atoms with Gasteiger partial charge in [0.15, 0.2) is 0 Å². The van der Waals surface area contributed by atoms with Crippen LogP contribution in [0.3, 0.4) is 0 Å². The third kappa shape index (κ3) is 2.54. The molecule has 3 aliphatic carbocycles. The summed E-state index contributed by atoms with van der Waals surface area (Å²) in [6.07, 6.45) is 9.31. The van der Waals surface area contributed by atoms with Crippen molar-refractivity contribution in [3.8, 4) is 0 Å². The smallest absolute Gasteiger partial charge is 0.310 e. The molecule has 3 atom stereocenters. The molecule has 3 saturated carbocycles. The molecule has 2 bridgehead atoms.